The van der Waals surface area contributed by atoms with Crippen LogP contribution in [0.4, 0.5) is 4.39 Å². The maximum Gasteiger partial charge on any atom is 0.252 e. The third-order valence-electron chi connectivity index (χ3n) is 2.27. The highest BCUT2D eigenvalue weighted by molar-refractivity contribution is 9.09. The molecule has 0 saturated carbocycles. The first-order valence-corrected chi connectivity index (χ1v) is 6.94. The van der Waals surface area contributed by atoms with Crippen molar-refractivity contribution in [3.63, 3.8) is 0 Å². The van der Waals surface area contributed by atoms with Gasteiger partial charge in [-0.15, -0.1) is 0 Å². The number of halogens is 3. The van der Waals surface area contributed by atoms with Crippen molar-refractivity contribution in [3.8, 4) is 0 Å². The third-order valence-corrected chi connectivity index (χ3v) is 3.15. The van der Waals surface area contributed by atoms with Crippen LogP contribution in [0.3, 0.4) is 0 Å². The normalized spacial score (nSPS) is 10.3. The zero-order valence-electron chi connectivity index (χ0n) is 9.31. The molecule has 0 aliphatic heterocycles. The number of carbonyl (C=O) groups excluding carboxylic acids is 1. The quantitative estimate of drug-likeness (QED) is 0.627. The van der Waals surface area contributed by atoms with Crippen LogP contribution in [0.25, 0.3) is 0 Å². The highest BCUT2D eigenvalue weighted by Crippen LogP contribution is 2.16. The van der Waals surface area contributed by atoms with Gasteiger partial charge in [0.2, 0.25) is 0 Å². The molecule has 0 unspecified atom stereocenters. The molecule has 0 radical (unpaired) electrons. The summed E-state index contributed by atoms with van der Waals surface area (Å²) in [5.41, 5.74) is 0.313. The minimum Gasteiger partial charge on any atom is -0.352 e. The predicted molar refractivity (Wildman–Crippen MR) is 71.4 cm³/mol. The van der Waals surface area contributed by atoms with Gasteiger partial charge in [0.25, 0.3) is 5.91 Å². The summed E-state index contributed by atoms with van der Waals surface area (Å²) in [7, 11) is 0. The predicted octanol–water partition coefficient (Wildman–Crippen LogP) is 3.77. The number of alkyl halides is 1. The fourth-order valence-electron chi connectivity index (χ4n) is 1.37. The second kappa shape index (κ2) is 7.67. The summed E-state index contributed by atoms with van der Waals surface area (Å²) >= 11 is 9.12. The van der Waals surface area contributed by atoms with Crippen molar-refractivity contribution >= 4 is 33.4 Å². The molecular weight excluding hydrogens is 308 g/mol. The Bertz CT molecular complexity index is 387. The summed E-state index contributed by atoms with van der Waals surface area (Å²) in [6, 6.07) is 3.76. The number of hydrogen-bond donors (Lipinski definition) is 1. The average molecular weight is 323 g/mol. The smallest absolute Gasteiger partial charge is 0.252 e. The second-order valence-corrected chi connectivity index (χ2v) is 4.83. The molecule has 0 aromatic heterocycles. The lowest BCUT2D eigenvalue weighted by molar-refractivity contribution is 0.0953. The number of benzene rings is 1. The Morgan fingerprint density at radius 2 is 2.12 bits per heavy atom. The largest absolute Gasteiger partial charge is 0.352 e. The summed E-state index contributed by atoms with van der Waals surface area (Å²) in [4.78, 5) is 11.7. The lowest BCUT2D eigenvalue weighted by Crippen LogP contribution is -2.24. The van der Waals surface area contributed by atoms with E-state index >= 15 is 0 Å². The van der Waals surface area contributed by atoms with E-state index in [0.29, 0.717) is 12.1 Å². The standard InChI is InChI=1S/C12H14BrClFNO/c13-6-2-1-3-7-16-12(17)10-5-4-9(15)8-11(10)14/h4-5,8H,1-3,6-7H2,(H,16,17). The first-order valence-electron chi connectivity index (χ1n) is 5.44. The molecule has 0 saturated heterocycles. The maximum absolute atomic E-state index is 12.8. The zero-order valence-corrected chi connectivity index (χ0v) is 11.7. The Labute approximate surface area is 114 Å². The molecule has 0 aliphatic carbocycles. The van der Waals surface area contributed by atoms with Crippen LogP contribution in [0.15, 0.2) is 18.2 Å². The van der Waals surface area contributed by atoms with Crippen molar-refractivity contribution in [2.24, 2.45) is 0 Å². The highest BCUT2D eigenvalue weighted by atomic mass is 79.9. The van der Waals surface area contributed by atoms with Crippen molar-refractivity contribution in [1.82, 2.24) is 5.32 Å². The molecule has 0 atom stereocenters. The minimum absolute atomic E-state index is 0.142. The second-order valence-electron chi connectivity index (χ2n) is 3.63. The van der Waals surface area contributed by atoms with Crippen LogP contribution in [-0.2, 0) is 0 Å². The van der Waals surface area contributed by atoms with Gasteiger partial charge in [-0.3, -0.25) is 4.79 Å². The Hall–Kier alpha value is -0.610. The minimum atomic E-state index is -0.441. The Kier molecular flexibility index (Phi) is 6.52. The lowest BCUT2D eigenvalue weighted by atomic mass is 10.2. The molecule has 0 aliphatic rings. The van der Waals surface area contributed by atoms with Gasteiger partial charge >= 0.3 is 0 Å². The van der Waals surface area contributed by atoms with Gasteiger partial charge in [-0.05, 0) is 31.0 Å². The van der Waals surface area contributed by atoms with E-state index in [1.54, 1.807) is 0 Å². The van der Waals surface area contributed by atoms with E-state index in [2.05, 4.69) is 21.2 Å². The molecule has 1 rings (SSSR count). The van der Waals surface area contributed by atoms with E-state index in [1.807, 2.05) is 0 Å². The number of amides is 1. The van der Waals surface area contributed by atoms with E-state index in [4.69, 9.17) is 11.6 Å². The Balaban J connectivity index is 2.42. The van der Waals surface area contributed by atoms with Gasteiger partial charge in [-0.1, -0.05) is 34.0 Å². The van der Waals surface area contributed by atoms with Crippen LogP contribution in [0.5, 0.6) is 0 Å². The summed E-state index contributed by atoms with van der Waals surface area (Å²) < 4.78 is 12.8. The van der Waals surface area contributed by atoms with E-state index in [-0.39, 0.29) is 10.9 Å². The van der Waals surface area contributed by atoms with Gasteiger partial charge in [0.05, 0.1) is 10.6 Å². The van der Waals surface area contributed by atoms with Crippen molar-refractivity contribution in [1.29, 1.82) is 0 Å². The molecular formula is C12H14BrClFNO. The van der Waals surface area contributed by atoms with E-state index < -0.39 is 5.82 Å². The first kappa shape index (κ1) is 14.5. The van der Waals surface area contributed by atoms with Gasteiger partial charge in [0, 0.05) is 11.9 Å². The van der Waals surface area contributed by atoms with Crippen LogP contribution in [0.1, 0.15) is 29.6 Å². The summed E-state index contributed by atoms with van der Waals surface area (Å²) in [5, 5.41) is 3.88. The molecule has 1 aromatic carbocycles. The zero-order chi connectivity index (χ0) is 12.7. The molecule has 94 valence electrons. The molecule has 0 bridgehead atoms. The summed E-state index contributed by atoms with van der Waals surface area (Å²) in [5.74, 6) is -0.697. The average Bonchev–Trinajstić information content (AvgIpc) is 2.28. The van der Waals surface area contributed by atoms with Crippen molar-refractivity contribution in [2.75, 3.05) is 11.9 Å². The van der Waals surface area contributed by atoms with Gasteiger partial charge in [-0.25, -0.2) is 4.39 Å². The lowest BCUT2D eigenvalue weighted by Gasteiger charge is -2.06. The Morgan fingerprint density at radius 3 is 2.76 bits per heavy atom. The molecule has 2 nitrogen and oxygen atoms in total. The van der Waals surface area contributed by atoms with Gasteiger partial charge in [-0.2, -0.15) is 0 Å². The fourth-order valence-corrected chi connectivity index (χ4v) is 2.02. The molecule has 0 heterocycles. The molecule has 1 aromatic rings. The van der Waals surface area contributed by atoms with Crippen LogP contribution < -0.4 is 5.32 Å². The molecule has 1 amide bonds. The van der Waals surface area contributed by atoms with E-state index in [1.165, 1.54) is 12.1 Å². The molecule has 5 heteroatoms. The molecule has 0 fully saturated rings. The van der Waals surface area contributed by atoms with E-state index in [9.17, 15) is 9.18 Å². The van der Waals surface area contributed by atoms with Crippen LogP contribution in [0, 0.1) is 5.82 Å². The van der Waals surface area contributed by atoms with Crippen molar-refractivity contribution < 1.29 is 9.18 Å². The Morgan fingerprint density at radius 1 is 1.35 bits per heavy atom. The summed E-state index contributed by atoms with van der Waals surface area (Å²) in [6.07, 6.45) is 3.08. The van der Waals surface area contributed by atoms with Gasteiger partial charge < -0.3 is 5.32 Å². The van der Waals surface area contributed by atoms with Gasteiger partial charge in [0.15, 0.2) is 0 Å². The fraction of sp³-hybridized carbons (Fsp3) is 0.417. The van der Waals surface area contributed by atoms with Crippen LogP contribution in [0.2, 0.25) is 5.02 Å². The van der Waals surface area contributed by atoms with E-state index in [0.717, 1.165) is 30.7 Å². The van der Waals surface area contributed by atoms with Gasteiger partial charge in [0.1, 0.15) is 5.82 Å². The topological polar surface area (TPSA) is 29.1 Å². The first-order chi connectivity index (χ1) is 8.15. The third kappa shape index (κ3) is 5.04. The summed E-state index contributed by atoms with van der Waals surface area (Å²) in [6.45, 7) is 0.611. The number of rotatable bonds is 6. The van der Waals surface area contributed by atoms with Crippen molar-refractivity contribution in [2.45, 2.75) is 19.3 Å². The SMILES string of the molecule is O=C(NCCCCCBr)c1ccc(F)cc1Cl. The monoisotopic (exact) mass is 321 g/mol. The number of nitrogens with one attached hydrogen (secondary N) is 1. The van der Waals surface area contributed by atoms with Crippen LogP contribution in [-0.4, -0.2) is 17.8 Å². The molecule has 1 N–H and O–H groups in total. The number of unbranched alkanes of at least 4 members (excludes halogenated alkanes) is 2. The van der Waals surface area contributed by atoms with Crippen LogP contribution >= 0.6 is 27.5 Å². The maximum atomic E-state index is 12.8. The van der Waals surface area contributed by atoms with Crippen molar-refractivity contribution in [3.05, 3.63) is 34.6 Å². The molecule has 17 heavy (non-hydrogen) atoms. The highest BCUT2D eigenvalue weighted by Gasteiger charge is 2.09. The molecule has 0 spiro atoms. The number of hydrogen-bond acceptors (Lipinski definition) is 1. The number of carbonyl (C=O) groups is 1.